The van der Waals surface area contributed by atoms with Crippen LogP contribution in [-0.4, -0.2) is 115 Å². The number of carbonyl (C=O) groups excluding carboxylic acids is 6. The van der Waals surface area contributed by atoms with Crippen molar-refractivity contribution < 1.29 is 47.7 Å². The first-order valence-electron chi connectivity index (χ1n) is 21.0. The molecule has 3 aromatic rings. The van der Waals surface area contributed by atoms with Crippen molar-refractivity contribution in [2.24, 2.45) is 11.5 Å². The summed E-state index contributed by atoms with van der Waals surface area (Å²) in [5.74, 6) is -2.89. The average molecular weight is 885 g/mol. The van der Waals surface area contributed by atoms with Crippen molar-refractivity contribution in [3.8, 4) is 5.75 Å². The summed E-state index contributed by atoms with van der Waals surface area (Å²) in [5, 5.41) is 25.8. The lowest BCUT2D eigenvalue weighted by atomic mass is 9.98. The van der Waals surface area contributed by atoms with Crippen LogP contribution in [-0.2, 0) is 35.0 Å². The first kappa shape index (κ1) is 47.7. The molecule has 3 aromatic carbocycles. The monoisotopic (exact) mass is 884 g/mol. The summed E-state index contributed by atoms with van der Waals surface area (Å²) >= 11 is 0. The summed E-state index contributed by atoms with van der Waals surface area (Å²) in [4.78, 5) is 83.8. The number of piperazine rings is 1. The fourth-order valence-electron chi connectivity index (χ4n) is 7.38. The highest BCUT2D eigenvalue weighted by Crippen LogP contribution is 2.23. The molecule has 4 amide bonds. The number of ether oxygens (including phenoxy) is 4. The summed E-state index contributed by atoms with van der Waals surface area (Å²) in [6.07, 6.45) is 2.23. The minimum absolute atomic E-state index is 0.0182. The minimum Gasteiger partial charge on any atom is -0.497 e. The predicted molar refractivity (Wildman–Crippen MR) is 236 cm³/mol. The summed E-state index contributed by atoms with van der Waals surface area (Å²) in [6, 6.07) is 17.1. The Balaban J connectivity index is 1.31. The Morgan fingerprint density at radius 2 is 1.39 bits per heavy atom. The maximum Gasteiger partial charge on any atom is 0.511 e. The Labute approximate surface area is 370 Å². The van der Waals surface area contributed by atoms with Crippen molar-refractivity contribution in [3.63, 3.8) is 0 Å². The van der Waals surface area contributed by atoms with E-state index in [0.29, 0.717) is 28.3 Å². The van der Waals surface area contributed by atoms with E-state index in [0.717, 1.165) is 32.1 Å². The van der Waals surface area contributed by atoms with E-state index in [1.165, 1.54) is 36.0 Å². The van der Waals surface area contributed by atoms with Gasteiger partial charge in [0.1, 0.15) is 30.5 Å². The van der Waals surface area contributed by atoms with Crippen LogP contribution in [0.3, 0.4) is 0 Å². The van der Waals surface area contributed by atoms with E-state index in [-0.39, 0.29) is 62.5 Å². The maximum absolute atomic E-state index is 14.7. The smallest absolute Gasteiger partial charge is 0.497 e. The molecule has 0 spiro atoms. The molecule has 10 N–H and O–H groups in total. The van der Waals surface area contributed by atoms with Crippen molar-refractivity contribution in [1.82, 2.24) is 20.4 Å². The zero-order chi connectivity index (χ0) is 46.2. The number of anilines is 2. The van der Waals surface area contributed by atoms with Gasteiger partial charge in [0.25, 0.3) is 11.8 Å². The summed E-state index contributed by atoms with van der Waals surface area (Å²) in [6.45, 7) is 0.895. The van der Waals surface area contributed by atoms with Gasteiger partial charge in [-0.3, -0.25) is 34.8 Å². The van der Waals surface area contributed by atoms with Crippen LogP contribution in [0.1, 0.15) is 78.1 Å². The Morgan fingerprint density at radius 1 is 0.797 bits per heavy atom. The number of carbonyl (C=O) groups is 6. The van der Waals surface area contributed by atoms with E-state index >= 15 is 0 Å². The van der Waals surface area contributed by atoms with Gasteiger partial charge in [0.2, 0.25) is 18.1 Å². The van der Waals surface area contributed by atoms with Gasteiger partial charge in [-0.15, -0.1) is 0 Å². The molecule has 3 atom stereocenters. The highest BCUT2D eigenvalue weighted by atomic mass is 16.8. The number of hydrogen-bond acceptors (Lipinski definition) is 12. The predicted octanol–water partition coefficient (Wildman–Crippen LogP) is 3.27. The van der Waals surface area contributed by atoms with Gasteiger partial charge in [-0.25, -0.2) is 4.79 Å². The molecule has 0 radical (unpaired) electrons. The Hall–Kier alpha value is -7.38. The zero-order valence-electron chi connectivity index (χ0n) is 35.9. The highest BCUT2D eigenvalue weighted by Gasteiger charge is 2.41. The Bertz CT molecular complexity index is 2130. The quantitative estimate of drug-likeness (QED) is 0.0299. The van der Waals surface area contributed by atoms with Crippen LogP contribution < -0.4 is 37.5 Å². The van der Waals surface area contributed by atoms with E-state index in [4.69, 9.17) is 41.2 Å². The molecule has 20 heteroatoms. The SMILES string of the molecule is COc1ccc(CC(NC(=O)c2ccc(NC(=N)N)cc2)C(=O)N2CCN(CC(=O)OC(C)OC(=O)OC3CCCCC3)C(=O)C2CCCNC(=O)c2ccc(NC(=N)N)cc2)cc1. The molecule has 342 valence electrons. The molecule has 3 unspecified atom stereocenters. The van der Waals surface area contributed by atoms with Crippen molar-refractivity contribution in [2.45, 2.75) is 82.8 Å². The van der Waals surface area contributed by atoms with Crippen molar-refractivity contribution in [3.05, 3.63) is 89.5 Å². The molecule has 64 heavy (non-hydrogen) atoms. The number of nitrogens with two attached hydrogens (primary N) is 2. The van der Waals surface area contributed by atoms with Gasteiger partial charge in [0.05, 0.1) is 7.11 Å². The summed E-state index contributed by atoms with van der Waals surface area (Å²) in [7, 11) is 1.52. The van der Waals surface area contributed by atoms with Gasteiger partial charge in [0, 0.05) is 55.5 Å². The van der Waals surface area contributed by atoms with Crippen LogP contribution in [0.15, 0.2) is 72.8 Å². The number of methoxy groups -OCH3 is 1. The van der Waals surface area contributed by atoms with Crippen molar-refractivity contribution >= 4 is 59.0 Å². The third kappa shape index (κ3) is 14.3. The lowest BCUT2D eigenvalue weighted by molar-refractivity contribution is -0.173. The number of esters is 1. The van der Waals surface area contributed by atoms with Crippen LogP contribution in [0.2, 0.25) is 0 Å². The number of guanidine groups is 2. The molecule has 1 saturated carbocycles. The lowest BCUT2D eigenvalue weighted by Gasteiger charge is -2.41. The van der Waals surface area contributed by atoms with E-state index in [2.05, 4.69) is 21.3 Å². The normalized spacial score (nSPS) is 16.0. The maximum atomic E-state index is 14.7. The third-order valence-electron chi connectivity index (χ3n) is 10.6. The summed E-state index contributed by atoms with van der Waals surface area (Å²) < 4.78 is 21.1. The molecule has 0 aromatic heterocycles. The molecule has 1 aliphatic carbocycles. The first-order chi connectivity index (χ1) is 30.7. The first-order valence-corrected chi connectivity index (χ1v) is 21.0. The molecule has 1 heterocycles. The van der Waals surface area contributed by atoms with Gasteiger partial charge in [-0.1, -0.05) is 18.6 Å². The molecule has 2 fully saturated rings. The topological polar surface area (TPSA) is 294 Å². The van der Waals surface area contributed by atoms with Crippen LogP contribution in [0, 0.1) is 10.8 Å². The third-order valence-corrected chi connectivity index (χ3v) is 10.6. The van der Waals surface area contributed by atoms with E-state index in [9.17, 15) is 28.8 Å². The second kappa shape index (κ2) is 23.2. The molecule has 1 saturated heterocycles. The Morgan fingerprint density at radius 3 is 1.97 bits per heavy atom. The second-order valence-corrected chi connectivity index (χ2v) is 15.3. The standard InChI is InChI=1S/C44H56N10O10/c1-27(63-44(60)64-34-7-4-3-5-8-34)62-37(55)26-53-23-24-54(36(41(53)59)9-6-22-49-38(56)29-12-16-31(17-13-29)50-42(45)46)40(58)35(25-28-10-20-33(61-2)21-11-28)52-39(57)30-14-18-32(19-15-30)51-43(47)48/h10-21,27,34-36H,3-9,22-26H2,1-2H3,(H,49,56)(H,52,57)(H4,45,46,50)(H4,47,48,51). The zero-order valence-corrected chi connectivity index (χ0v) is 35.9. The number of nitrogens with one attached hydrogen (secondary N) is 6. The number of nitrogens with zero attached hydrogens (tertiary/aromatic N) is 2. The molecule has 5 rings (SSSR count). The fourth-order valence-corrected chi connectivity index (χ4v) is 7.38. The molecule has 0 bridgehead atoms. The summed E-state index contributed by atoms with van der Waals surface area (Å²) in [5.41, 5.74) is 13.1. The van der Waals surface area contributed by atoms with Crippen molar-refractivity contribution in [2.75, 3.05) is 43.9 Å². The van der Waals surface area contributed by atoms with Crippen LogP contribution >= 0.6 is 0 Å². The van der Waals surface area contributed by atoms with Crippen molar-refractivity contribution in [1.29, 1.82) is 10.8 Å². The van der Waals surface area contributed by atoms with E-state index in [1.807, 2.05) is 0 Å². The second-order valence-electron chi connectivity index (χ2n) is 15.3. The van der Waals surface area contributed by atoms with Gasteiger partial charge in [-0.2, -0.15) is 0 Å². The van der Waals surface area contributed by atoms with Gasteiger partial charge < -0.3 is 61.5 Å². The van der Waals surface area contributed by atoms with Gasteiger partial charge >= 0.3 is 12.1 Å². The number of benzene rings is 3. The molecular formula is C44H56N10O10. The number of amides is 4. The minimum atomic E-state index is -1.30. The van der Waals surface area contributed by atoms with Gasteiger partial charge in [0.15, 0.2) is 11.9 Å². The number of hydrogen-bond donors (Lipinski definition) is 8. The molecule has 2 aliphatic rings. The largest absolute Gasteiger partial charge is 0.511 e. The van der Waals surface area contributed by atoms with Crippen LogP contribution in [0.25, 0.3) is 0 Å². The van der Waals surface area contributed by atoms with E-state index < -0.39 is 60.7 Å². The Kier molecular flexibility index (Phi) is 17.3. The molecular weight excluding hydrogens is 829 g/mol. The number of rotatable bonds is 18. The lowest BCUT2D eigenvalue weighted by Crippen LogP contribution is -2.63. The van der Waals surface area contributed by atoms with Crippen LogP contribution in [0.4, 0.5) is 16.2 Å². The van der Waals surface area contributed by atoms with E-state index in [1.54, 1.807) is 60.7 Å². The van der Waals surface area contributed by atoms with Gasteiger partial charge in [-0.05, 0) is 105 Å². The fraction of sp³-hybridized carbons (Fsp3) is 0.409. The highest BCUT2D eigenvalue weighted by molar-refractivity contribution is 6.00. The van der Waals surface area contributed by atoms with Crippen LogP contribution in [0.5, 0.6) is 5.75 Å². The molecule has 1 aliphatic heterocycles. The molecule has 20 nitrogen and oxygen atoms in total. The average Bonchev–Trinajstić information content (AvgIpc) is 3.26.